The number of hydrogen-bond donors (Lipinski definition) is 5. The Hall–Kier alpha value is -3.77. The molecule has 0 spiro atoms. The number of aromatic nitrogens is 2. The molecule has 3 aliphatic rings. The number of hydrogen-bond acceptors (Lipinski definition) is 7. The van der Waals surface area contributed by atoms with Gasteiger partial charge in [-0.15, -0.1) is 0 Å². The summed E-state index contributed by atoms with van der Waals surface area (Å²) in [4.78, 5) is 80.4. The summed E-state index contributed by atoms with van der Waals surface area (Å²) in [6.45, 7) is 7.02. The van der Waals surface area contributed by atoms with E-state index in [1.165, 1.54) is 12.3 Å². The Labute approximate surface area is 252 Å². The number of aromatic amines is 1. The van der Waals surface area contributed by atoms with Crippen molar-refractivity contribution in [2.75, 3.05) is 6.54 Å². The molecule has 1 aliphatic heterocycles. The zero-order chi connectivity index (χ0) is 31.3. The molecule has 3 fully saturated rings. The number of Topliss-reactive ketones (excluding diaryl/α,β-unsaturated/α-hetero) is 1. The molecule has 5 N–H and O–H groups in total. The Morgan fingerprint density at radius 3 is 2.40 bits per heavy atom. The molecule has 13 nitrogen and oxygen atoms in total. The molecule has 43 heavy (non-hydrogen) atoms. The number of carbonyl (C=O) groups excluding carboxylic acids is 6. The van der Waals surface area contributed by atoms with Gasteiger partial charge in [-0.1, -0.05) is 47.0 Å². The second-order valence-electron chi connectivity index (χ2n) is 13.1. The van der Waals surface area contributed by atoms with Crippen LogP contribution in [0.3, 0.4) is 0 Å². The number of fused-ring (bicyclic) bond motifs is 1. The Kier molecular flexibility index (Phi) is 10.2. The second-order valence-corrected chi connectivity index (χ2v) is 13.1. The van der Waals surface area contributed by atoms with Crippen LogP contribution in [0.4, 0.5) is 0 Å². The summed E-state index contributed by atoms with van der Waals surface area (Å²) in [5.41, 5.74) is -0.509. The molecule has 13 heteroatoms. The molecule has 1 saturated heterocycles. The van der Waals surface area contributed by atoms with Crippen molar-refractivity contribution in [3.05, 3.63) is 18.0 Å². The monoisotopic (exact) mass is 599 g/mol. The van der Waals surface area contributed by atoms with Crippen LogP contribution in [-0.2, 0) is 24.0 Å². The first-order chi connectivity index (χ1) is 20.4. The molecule has 1 aromatic heterocycles. The molecule has 5 atom stereocenters. The standard InChI is InChI=1S/C30H45N7O6/c1-5-8-19(24(39)28(42)33-18-11-12-18)34-27(41)22-15-17-9-6-7-10-21(17)37(22)29(43)25(30(2,3)4)35-23(38)16-31-26(40)20-13-14-32-36-20/h13-14,17-19,21-22,25H,5-12,15-16H2,1-4H3,(H,31,40)(H,32,36)(H,33,42)(H,34,41)(H,35,38)/t17-,19-,21-,22-,25+/m0/s1. The zero-order valence-corrected chi connectivity index (χ0v) is 25.5. The fraction of sp³-hybridized carbons (Fsp3) is 0.700. The van der Waals surface area contributed by atoms with Crippen molar-refractivity contribution in [3.63, 3.8) is 0 Å². The predicted octanol–water partition coefficient (Wildman–Crippen LogP) is 0.963. The smallest absolute Gasteiger partial charge is 0.289 e. The summed E-state index contributed by atoms with van der Waals surface area (Å²) in [7, 11) is 0. The van der Waals surface area contributed by atoms with Gasteiger partial charge in [0.15, 0.2) is 0 Å². The second kappa shape index (κ2) is 13.7. The molecule has 236 valence electrons. The predicted molar refractivity (Wildman–Crippen MR) is 156 cm³/mol. The van der Waals surface area contributed by atoms with Crippen LogP contribution in [-0.4, -0.2) is 87.2 Å². The largest absolute Gasteiger partial charge is 0.347 e. The SMILES string of the molecule is CCC[C@H](NC(=O)[C@@H]1C[C@@H]2CCCC[C@@H]2N1C(=O)[C@@H](NC(=O)CNC(=O)c1ccn[nH]1)C(C)(C)C)C(=O)C(=O)NC1CC1. The Balaban J connectivity index is 1.50. The van der Waals surface area contributed by atoms with E-state index in [0.717, 1.165) is 38.5 Å². The van der Waals surface area contributed by atoms with Gasteiger partial charge in [0.05, 0.1) is 12.6 Å². The summed E-state index contributed by atoms with van der Waals surface area (Å²) in [6.07, 6.45) is 8.00. The van der Waals surface area contributed by atoms with Crippen LogP contribution in [0.15, 0.2) is 12.3 Å². The van der Waals surface area contributed by atoms with E-state index < -0.39 is 53.0 Å². The summed E-state index contributed by atoms with van der Waals surface area (Å²) < 4.78 is 0. The highest BCUT2D eigenvalue weighted by Crippen LogP contribution is 2.41. The van der Waals surface area contributed by atoms with Gasteiger partial charge in [0.25, 0.3) is 11.8 Å². The molecule has 5 amide bonds. The lowest BCUT2D eigenvalue weighted by atomic mass is 9.83. The highest BCUT2D eigenvalue weighted by molar-refractivity contribution is 6.38. The van der Waals surface area contributed by atoms with Gasteiger partial charge in [0.2, 0.25) is 23.5 Å². The third-order valence-electron chi connectivity index (χ3n) is 8.57. The van der Waals surface area contributed by atoms with Crippen LogP contribution in [0, 0.1) is 11.3 Å². The van der Waals surface area contributed by atoms with Gasteiger partial charge in [0, 0.05) is 18.3 Å². The van der Waals surface area contributed by atoms with Crippen LogP contribution in [0.1, 0.15) is 96.0 Å². The van der Waals surface area contributed by atoms with E-state index in [0.29, 0.717) is 19.3 Å². The third-order valence-corrected chi connectivity index (χ3v) is 8.57. The molecule has 0 aromatic carbocycles. The highest BCUT2D eigenvalue weighted by Gasteiger charge is 2.51. The van der Waals surface area contributed by atoms with Crippen LogP contribution >= 0.6 is 0 Å². The number of likely N-dealkylation sites (tertiary alicyclic amines) is 1. The van der Waals surface area contributed by atoms with Crippen molar-refractivity contribution in [2.24, 2.45) is 11.3 Å². The van der Waals surface area contributed by atoms with E-state index in [9.17, 15) is 28.8 Å². The van der Waals surface area contributed by atoms with Crippen molar-refractivity contribution >= 4 is 35.3 Å². The first-order valence-electron chi connectivity index (χ1n) is 15.4. The third kappa shape index (κ3) is 7.99. The minimum absolute atomic E-state index is 0.0174. The molecule has 2 aliphatic carbocycles. The van der Waals surface area contributed by atoms with Gasteiger partial charge in [-0.2, -0.15) is 5.10 Å². The lowest BCUT2D eigenvalue weighted by molar-refractivity contribution is -0.147. The van der Waals surface area contributed by atoms with Crippen molar-refractivity contribution < 1.29 is 28.8 Å². The number of carbonyl (C=O) groups is 6. The van der Waals surface area contributed by atoms with E-state index in [2.05, 4.69) is 31.5 Å². The average molecular weight is 600 g/mol. The highest BCUT2D eigenvalue weighted by atomic mass is 16.2. The summed E-state index contributed by atoms with van der Waals surface area (Å²) in [5, 5.41) is 17.1. The number of nitrogens with zero attached hydrogens (tertiary/aromatic N) is 2. The maximum absolute atomic E-state index is 14.3. The Bertz CT molecular complexity index is 1210. The molecular weight excluding hydrogens is 554 g/mol. The van der Waals surface area contributed by atoms with Gasteiger partial charge in [-0.3, -0.25) is 33.9 Å². The number of amides is 5. The summed E-state index contributed by atoms with van der Waals surface area (Å²) >= 11 is 0. The first-order valence-corrected chi connectivity index (χ1v) is 15.4. The summed E-state index contributed by atoms with van der Waals surface area (Å²) in [6, 6.07) is -1.46. The van der Waals surface area contributed by atoms with E-state index in [-0.39, 0.29) is 36.1 Å². The number of nitrogens with one attached hydrogen (secondary N) is 5. The van der Waals surface area contributed by atoms with Crippen molar-refractivity contribution in [3.8, 4) is 0 Å². The number of ketones is 1. The molecular formula is C30H45N7O6. The molecule has 2 saturated carbocycles. The normalized spacial score (nSPS) is 23.0. The molecule has 0 radical (unpaired) electrons. The molecule has 0 bridgehead atoms. The minimum atomic E-state index is -0.979. The average Bonchev–Trinajstić information content (AvgIpc) is 3.44. The van der Waals surface area contributed by atoms with Gasteiger partial charge in [-0.05, 0) is 55.9 Å². The van der Waals surface area contributed by atoms with E-state index >= 15 is 0 Å². The van der Waals surface area contributed by atoms with Gasteiger partial charge in [0.1, 0.15) is 17.8 Å². The molecule has 4 rings (SSSR count). The topological polar surface area (TPSA) is 182 Å². The zero-order valence-electron chi connectivity index (χ0n) is 25.5. The van der Waals surface area contributed by atoms with Gasteiger partial charge >= 0.3 is 0 Å². The number of H-pyrrole nitrogens is 1. The fourth-order valence-corrected chi connectivity index (χ4v) is 6.13. The lowest BCUT2D eigenvalue weighted by Crippen LogP contribution is -2.61. The van der Waals surface area contributed by atoms with Crippen molar-refractivity contribution in [1.29, 1.82) is 0 Å². The lowest BCUT2D eigenvalue weighted by Gasteiger charge is -2.39. The molecule has 2 heterocycles. The summed E-state index contributed by atoms with van der Waals surface area (Å²) in [5.74, 6) is -3.13. The maximum Gasteiger partial charge on any atom is 0.289 e. The maximum atomic E-state index is 14.3. The Morgan fingerprint density at radius 1 is 1.05 bits per heavy atom. The van der Waals surface area contributed by atoms with E-state index in [1.54, 1.807) is 4.90 Å². The van der Waals surface area contributed by atoms with Crippen molar-refractivity contribution in [2.45, 2.75) is 116 Å². The van der Waals surface area contributed by atoms with Gasteiger partial charge < -0.3 is 26.2 Å². The molecule has 1 aromatic rings. The fourth-order valence-electron chi connectivity index (χ4n) is 6.13. The van der Waals surface area contributed by atoms with E-state index in [1.807, 2.05) is 27.7 Å². The number of rotatable bonds is 12. The van der Waals surface area contributed by atoms with Crippen molar-refractivity contribution in [1.82, 2.24) is 36.4 Å². The van der Waals surface area contributed by atoms with Crippen LogP contribution < -0.4 is 21.3 Å². The van der Waals surface area contributed by atoms with Gasteiger partial charge in [-0.25, -0.2) is 0 Å². The van der Waals surface area contributed by atoms with E-state index in [4.69, 9.17) is 0 Å². The van der Waals surface area contributed by atoms with Crippen LogP contribution in [0.2, 0.25) is 0 Å². The minimum Gasteiger partial charge on any atom is -0.347 e. The quantitative estimate of drug-likeness (QED) is 0.222. The van der Waals surface area contributed by atoms with Crippen LogP contribution in [0.5, 0.6) is 0 Å². The first kappa shape index (κ1) is 32.2. The molecule has 0 unspecified atom stereocenters. The van der Waals surface area contributed by atoms with Crippen LogP contribution in [0.25, 0.3) is 0 Å². The Morgan fingerprint density at radius 2 is 1.77 bits per heavy atom.